The molecule has 0 radical (unpaired) electrons. The van der Waals surface area contributed by atoms with Crippen molar-refractivity contribution in [2.24, 2.45) is 0 Å². The molecular weight excluding hydrogens is 338 g/mol. The molecule has 0 saturated heterocycles. The SMILES string of the molecule is Cc1c(CCNC(=O)[C@H]2NCCc3[nH]cnc32)c2cccc3c2n1CCC3. The molecule has 5 rings (SSSR count). The van der Waals surface area contributed by atoms with Crippen LogP contribution in [0, 0.1) is 6.92 Å². The van der Waals surface area contributed by atoms with Crippen molar-refractivity contribution in [3.05, 3.63) is 52.7 Å². The molecule has 0 fully saturated rings. The Labute approximate surface area is 158 Å². The maximum absolute atomic E-state index is 12.7. The van der Waals surface area contributed by atoms with Crippen molar-refractivity contribution in [2.75, 3.05) is 13.1 Å². The first-order valence-corrected chi connectivity index (χ1v) is 9.87. The lowest BCUT2D eigenvalue weighted by Crippen LogP contribution is -2.42. The zero-order valence-electron chi connectivity index (χ0n) is 15.6. The number of carbonyl (C=O) groups is 1. The number of hydrogen-bond donors (Lipinski definition) is 3. The van der Waals surface area contributed by atoms with E-state index in [1.807, 2.05) is 0 Å². The Morgan fingerprint density at radius 3 is 3.22 bits per heavy atom. The minimum Gasteiger partial charge on any atom is -0.354 e. The molecule has 27 heavy (non-hydrogen) atoms. The average molecular weight is 363 g/mol. The summed E-state index contributed by atoms with van der Waals surface area (Å²) in [5.41, 5.74) is 7.47. The number of amides is 1. The second-order valence-electron chi connectivity index (χ2n) is 7.58. The lowest BCUT2D eigenvalue weighted by Gasteiger charge is -2.22. The first-order valence-electron chi connectivity index (χ1n) is 9.87. The number of H-pyrrole nitrogens is 1. The Morgan fingerprint density at radius 2 is 2.30 bits per heavy atom. The highest BCUT2D eigenvalue weighted by Gasteiger charge is 2.28. The molecule has 0 aliphatic carbocycles. The van der Waals surface area contributed by atoms with Crippen LogP contribution in [-0.4, -0.2) is 33.5 Å². The fourth-order valence-electron chi connectivity index (χ4n) is 4.75. The van der Waals surface area contributed by atoms with E-state index in [-0.39, 0.29) is 11.9 Å². The number of fused-ring (bicyclic) bond motifs is 1. The van der Waals surface area contributed by atoms with Crippen LogP contribution >= 0.6 is 0 Å². The molecule has 4 heterocycles. The zero-order chi connectivity index (χ0) is 18.4. The second kappa shape index (κ2) is 6.53. The molecule has 3 N–H and O–H groups in total. The Hall–Kier alpha value is -2.60. The molecule has 1 aromatic carbocycles. The minimum absolute atomic E-state index is 0.00875. The van der Waals surface area contributed by atoms with Gasteiger partial charge >= 0.3 is 0 Å². The van der Waals surface area contributed by atoms with E-state index in [2.05, 4.69) is 50.3 Å². The Balaban J connectivity index is 1.33. The van der Waals surface area contributed by atoms with Gasteiger partial charge in [0.2, 0.25) is 5.91 Å². The molecule has 2 aliphatic rings. The molecule has 6 heteroatoms. The average Bonchev–Trinajstić information content (AvgIpc) is 3.28. The van der Waals surface area contributed by atoms with E-state index in [1.54, 1.807) is 6.33 Å². The van der Waals surface area contributed by atoms with Crippen LogP contribution in [0.1, 0.15) is 40.7 Å². The molecule has 0 saturated carbocycles. The van der Waals surface area contributed by atoms with Crippen molar-refractivity contribution in [3.63, 3.8) is 0 Å². The van der Waals surface area contributed by atoms with Gasteiger partial charge in [-0.1, -0.05) is 18.2 Å². The highest BCUT2D eigenvalue weighted by molar-refractivity contribution is 5.89. The van der Waals surface area contributed by atoms with Crippen LogP contribution in [0.5, 0.6) is 0 Å². The molecule has 3 aromatic rings. The number of para-hydroxylation sites is 1. The van der Waals surface area contributed by atoms with E-state index >= 15 is 0 Å². The molecule has 1 atom stereocenters. The van der Waals surface area contributed by atoms with Crippen LogP contribution in [0.2, 0.25) is 0 Å². The van der Waals surface area contributed by atoms with Crippen molar-refractivity contribution in [1.82, 2.24) is 25.2 Å². The molecule has 2 aliphatic heterocycles. The van der Waals surface area contributed by atoms with Gasteiger partial charge in [0.1, 0.15) is 6.04 Å². The van der Waals surface area contributed by atoms with E-state index in [4.69, 9.17) is 0 Å². The molecule has 6 nitrogen and oxygen atoms in total. The van der Waals surface area contributed by atoms with Crippen LogP contribution in [0.4, 0.5) is 0 Å². The van der Waals surface area contributed by atoms with Crippen LogP contribution in [0.3, 0.4) is 0 Å². The summed E-state index contributed by atoms with van der Waals surface area (Å²) in [6.45, 7) is 4.74. The Morgan fingerprint density at radius 1 is 1.37 bits per heavy atom. The van der Waals surface area contributed by atoms with Gasteiger partial charge in [-0.2, -0.15) is 0 Å². The van der Waals surface area contributed by atoms with E-state index < -0.39 is 0 Å². The van der Waals surface area contributed by atoms with Gasteiger partial charge in [-0.05, 0) is 37.3 Å². The van der Waals surface area contributed by atoms with Gasteiger partial charge in [-0.3, -0.25) is 4.79 Å². The predicted octanol–water partition coefficient (Wildman–Crippen LogP) is 2.16. The normalized spacial score (nSPS) is 18.5. The molecular formula is C21H25N5O. The first-order chi connectivity index (χ1) is 13.2. The number of carbonyl (C=O) groups excluding carboxylic acids is 1. The van der Waals surface area contributed by atoms with Crippen molar-refractivity contribution in [2.45, 2.75) is 45.2 Å². The fraction of sp³-hybridized carbons (Fsp3) is 0.429. The van der Waals surface area contributed by atoms with Gasteiger partial charge < -0.3 is 20.2 Å². The molecule has 2 aromatic heterocycles. The maximum atomic E-state index is 12.7. The number of imidazole rings is 1. The number of aryl methyl sites for hydroxylation is 2. The first kappa shape index (κ1) is 16.6. The second-order valence-corrected chi connectivity index (χ2v) is 7.58. The highest BCUT2D eigenvalue weighted by atomic mass is 16.2. The van der Waals surface area contributed by atoms with Gasteiger partial charge in [-0.15, -0.1) is 0 Å². The third-order valence-corrected chi connectivity index (χ3v) is 6.07. The zero-order valence-corrected chi connectivity index (χ0v) is 15.6. The third-order valence-electron chi connectivity index (χ3n) is 6.07. The molecule has 0 bridgehead atoms. The Kier molecular flexibility index (Phi) is 4.01. The van der Waals surface area contributed by atoms with Gasteiger partial charge in [0.05, 0.1) is 17.5 Å². The van der Waals surface area contributed by atoms with Crippen molar-refractivity contribution >= 4 is 16.8 Å². The summed E-state index contributed by atoms with van der Waals surface area (Å²) in [5, 5.41) is 7.75. The van der Waals surface area contributed by atoms with Gasteiger partial charge in [-0.25, -0.2) is 4.98 Å². The lowest BCUT2D eigenvalue weighted by atomic mass is 10.0. The monoisotopic (exact) mass is 363 g/mol. The summed E-state index contributed by atoms with van der Waals surface area (Å²) < 4.78 is 2.46. The smallest absolute Gasteiger partial charge is 0.243 e. The minimum atomic E-state index is -0.351. The van der Waals surface area contributed by atoms with Crippen molar-refractivity contribution in [3.8, 4) is 0 Å². The van der Waals surface area contributed by atoms with E-state index in [0.717, 1.165) is 43.7 Å². The van der Waals surface area contributed by atoms with E-state index in [9.17, 15) is 4.79 Å². The molecule has 1 amide bonds. The fourth-order valence-corrected chi connectivity index (χ4v) is 4.75. The summed E-state index contributed by atoms with van der Waals surface area (Å²) in [7, 11) is 0. The molecule has 0 unspecified atom stereocenters. The van der Waals surface area contributed by atoms with Crippen LogP contribution < -0.4 is 10.6 Å². The highest BCUT2D eigenvalue weighted by Crippen LogP contribution is 2.32. The van der Waals surface area contributed by atoms with Crippen LogP contribution in [0.25, 0.3) is 10.9 Å². The number of hydrogen-bond acceptors (Lipinski definition) is 3. The van der Waals surface area contributed by atoms with Gasteiger partial charge in [0.25, 0.3) is 0 Å². The standard InChI is InChI=1S/C21H25N5O/c1-13-15(16-6-2-4-14-5-3-11-26(13)20(14)16)7-9-23-21(27)19-18-17(8-10-22-19)24-12-25-18/h2,4,6,12,19,22H,3,5,7-11H2,1H3,(H,23,27)(H,24,25)/t19-/m0/s1. The molecule has 0 spiro atoms. The molecule has 140 valence electrons. The van der Waals surface area contributed by atoms with Crippen molar-refractivity contribution in [1.29, 1.82) is 0 Å². The number of nitrogens with one attached hydrogen (secondary N) is 3. The summed E-state index contributed by atoms with van der Waals surface area (Å²) in [6.07, 6.45) is 5.79. The van der Waals surface area contributed by atoms with E-state index in [0.29, 0.717) is 6.54 Å². The van der Waals surface area contributed by atoms with Crippen LogP contribution in [-0.2, 0) is 30.6 Å². The maximum Gasteiger partial charge on any atom is 0.243 e. The number of aromatic nitrogens is 3. The van der Waals surface area contributed by atoms with E-state index in [1.165, 1.54) is 34.1 Å². The summed E-state index contributed by atoms with van der Waals surface area (Å²) >= 11 is 0. The van der Waals surface area contributed by atoms with Gasteiger partial charge in [0, 0.05) is 42.8 Å². The van der Waals surface area contributed by atoms with Gasteiger partial charge in [0.15, 0.2) is 0 Å². The number of aromatic amines is 1. The largest absolute Gasteiger partial charge is 0.354 e. The number of rotatable bonds is 4. The summed E-state index contributed by atoms with van der Waals surface area (Å²) in [6, 6.07) is 6.29. The summed E-state index contributed by atoms with van der Waals surface area (Å²) in [4.78, 5) is 20.2. The van der Waals surface area contributed by atoms with Crippen LogP contribution in [0.15, 0.2) is 24.5 Å². The number of benzene rings is 1. The quantitative estimate of drug-likeness (QED) is 0.665. The topological polar surface area (TPSA) is 74.7 Å². The lowest BCUT2D eigenvalue weighted by molar-refractivity contribution is -0.123. The number of nitrogens with zero attached hydrogens (tertiary/aromatic N) is 2. The predicted molar refractivity (Wildman–Crippen MR) is 105 cm³/mol. The van der Waals surface area contributed by atoms with Crippen molar-refractivity contribution < 1.29 is 4.79 Å². The summed E-state index contributed by atoms with van der Waals surface area (Å²) in [5.74, 6) is 0.00875. The Bertz CT molecular complexity index is 1020. The third kappa shape index (κ3) is 2.67.